The lowest BCUT2D eigenvalue weighted by molar-refractivity contribution is 0.768. The molecule has 0 aliphatic heterocycles. The fourth-order valence-corrected chi connectivity index (χ4v) is 11.8. The van der Waals surface area contributed by atoms with Crippen LogP contribution in [-0.4, -0.2) is 9.13 Å². The molecule has 0 fully saturated rings. The third-order valence-electron chi connectivity index (χ3n) is 14.8. The molecule has 13 aromatic rings. The monoisotopic (exact) mass is 891 g/mol. The molecule has 0 atom stereocenters. The summed E-state index contributed by atoms with van der Waals surface area (Å²) < 4.78 is 4.78. The number of hydrogen-bond donors (Lipinski definition) is 0. The molecule has 70 heavy (non-hydrogen) atoms. The summed E-state index contributed by atoms with van der Waals surface area (Å²) in [4.78, 5) is 2.40. The van der Waals surface area contributed by atoms with Crippen LogP contribution in [0.25, 0.3) is 77.2 Å². The van der Waals surface area contributed by atoms with E-state index < -0.39 is 5.41 Å². The minimum Gasteiger partial charge on any atom is -0.310 e. The van der Waals surface area contributed by atoms with E-state index in [9.17, 15) is 0 Å². The lowest BCUT2D eigenvalue weighted by Gasteiger charge is -2.34. The first-order valence-electron chi connectivity index (χ1n) is 24.2. The van der Waals surface area contributed by atoms with Crippen molar-refractivity contribution in [2.45, 2.75) is 5.41 Å². The number of para-hydroxylation sites is 4. The molecule has 0 unspecified atom stereocenters. The number of rotatable bonds is 8. The van der Waals surface area contributed by atoms with Crippen LogP contribution in [-0.2, 0) is 5.41 Å². The Morgan fingerprint density at radius 3 is 1.19 bits per heavy atom. The van der Waals surface area contributed by atoms with Crippen LogP contribution >= 0.6 is 0 Å². The van der Waals surface area contributed by atoms with Crippen LogP contribution < -0.4 is 4.90 Å². The quantitative estimate of drug-likeness (QED) is 0.148. The van der Waals surface area contributed by atoms with Gasteiger partial charge in [-0.05, 0) is 123 Å². The first-order valence-corrected chi connectivity index (χ1v) is 24.2. The van der Waals surface area contributed by atoms with Gasteiger partial charge in [-0.1, -0.05) is 194 Å². The van der Waals surface area contributed by atoms with Crippen molar-refractivity contribution in [3.63, 3.8) is 0 Å². The van der Waals surface area contributed by atoms with Gasteiger partial charge in [0.2, 0.25) is 0 Å². The highest BCUT2D eigenvalue weighted by molar-refractivity contribution is 6.10. The number of benzene rings is 11. The van der Waals surface area contributed by atoms with Gasteiger partial charge in [-0.2, -0.15) is 0 Å². The highest BCUT2D eigenvalue weighted by Gasteiger charge is 2.45. The second-order valence-electron chi connectivity index (χ2n) is 18.4. The zero-order valence-electron chi connectivity index (χ0n) is 38.3. The number of aromatic nitrogens is 2. The molecule has 328 valence electrons. The molecule has 1 aliphatic rings. The van der Waals surface area contributed by atoms with E-state index >= 15 is 0 Å². The fraction of sp³-hybridized carbons (Fsp3) is 0.0149. The second kappa shape index (κ2) is 16.0. The Morgan fingerprint density at radius 2 is 0.671 bits per heavy atom. The van der Waals surface area contributed by atoms with E-state index in [0.717, 1.165) is 34.0 Å². The lowest BCUT2D eigenvalue weighted by Crippen LogP contribution is -2.28. The van der Waals surface area contributed by atoms with Gasteiger partial charge in [-0.25, -0.2) is 0 Å². The average molecular weight is 892 g/mol. The lowest BCUT2D eigenvalue weighted by atomic mass is 9.68. The molecule has 1 aliphatic carbocycles. The van der Waals surface area contributed by atoms with Gasteiger partial charge in [-0.3, -0.25) is 0 Å². The first-order chi connectivity index (χ1) is 34.7. The fourth-order valence-electron chi connectivity index (χ4n) is 11.8. The predicted octanol–water partition coefficient (Wildman–Crippen LogP) is 17.4. The van der Waals surface area contributed by atoms with Crippen molar-refractivity contribution in [3.8, 4) is 33.6 Å². The van der Waals surface area contributed by atoms with Gasteiger partial charge in [0.05, 0.1) is 27.5 Å². The molecule has 0 spiro atoms. The van der Waals surface area contributed by atoms with E-state index in [2.05, 4.69) is 287 Å². The highest BCUT2D eigenvalue weighted by Crippen LogP contribution is 2.56. The van der Waals surface area contributed by atoms with Crippen molar-refractivity contribution in [2.24, 2.45) is 0 Å². The van der Waals surface area contributed by atoms with Crippen LogP contribution in [0.5, 0.6) is 0 Å². The van der Waals surface area contributed by atoms with E-state index in [0.29, 0.717) is 0 Å². The highest BCUT2D eigenvalue weighted by atomic mass is 15.1. The number of fused-ring (bicyclic) bond motifs is 9. The van der Waals surface area contributed by atoms with Gasteiger partial charge < -0.3 is 14.0 Å². The molecule has 2 heterocycles. The zero-order valence-corrected chi connectivity index (χ0v) is 38.3. The minimum absolute atomic E-state index is 0.479. The number of nitrogens with zero attached hydrogens (tertiary/aromatic N) is 3. The molecule has 3 heteroatoms. The first kappa shape index (κ1) is 39.9. The molecule has 0 saturated heterocycles. The van der Waals surface area contributed by atoms with Crippen molar-refractivity contribution in [2.75, 3.05) is 4.90 Å². The normalized spacial score (nSPS) is 12.7. The molecule has 0 bridgehead atoms. The van der Waals surface area contributed by atoms with E-state index in [4.69, 9.17) is 0 Å². The summed E-state index contributed by atoms with van der Waals surface area (Å²) in [6.07, 6.45) is 0. The van der Waals surface area contributed by atoms with Crippen LogP contribution in [0.3, 0.4) is 0 Å². The molecule has 0 saturated carbocycles. The third-order valence-corrected chi connectivity index (χ3v) is 14.8. The molecule has 0 amide bonds. The topological polar surface area (TPSA) is 13.1 Å². The SMILES string of the molecule is c1ccc(C2(c3ccc(N(c4ccc(-c5ccc(-n6c7ccccc7c7ccccc76)cc5)cc4)c4cccc(-n5c6ccccc6c6ccccc65)c4)cc3)c3ccccc3-c3ccccc32)cc1. The summed E-state index contributed by atoms with van der Waals surface area (Å²) in [5.74, 6) is 0. The number of anilines is 3. The third kappa shape index (κ3) is 6.01. The van der Waals surface area contributed by atoms with Gasteiger partial charge in [-0.15, -0.1) is 0 Å². The van der Waals surface area contributed by atoms with Crippen LogP contribution in [0.4, 0.5) is 17.1 Å². The van der Waals surface area contributed by atoms with Gasteiger partial charge in [0.15, 0.2) is 0 Å². The summed E-state index contributed by atoms with van der Waals surface area (Å²) in [5.41, 5.74) is 19.8. The van der Waals surface area contributed by atoms with Crippen molar-refractivity contribution in [3.05, 3.63) is 295 Å². The summed E-state index contributed by atoms with van der Waals surface area (Å²) in [6, 6.07) is 100. The Hall–Kier alpha value is -9.18. The molecule has 14 rings (SSSR count). The maximum absolute atomic E-state index is 2.40. The predicted molar refractivity (Wildman–Crippen MR) is 293 cm³/mol. The standard InChI is InChI=1S/C67H45N3/c1-2-17-48(18-3-1)67(61-27-10-4-21-55(61)56-22-5-11-28-62(56)67)49-37-43-51(44-38-49)68(53-19-16-20-54(45-53)70-65-31-14-8-25-59(65)60-26-9-15-32-66(60)70)50-39-33-46(34-40-50)47-35-41-52(42-36-47)69-63-29-12-6-23-57(63)58-24-7-13-30-64(58)69/h1-45H. The molecule has 2 aromatic heterocycles. The van der Waals surface area contributed by atoms with Gasteiger partial charge in [0.25, 0.3) is 0 Å². The van der Waals surface area contributed by atoms with E-state index in [-0.39, 0.29) is 0 Å². The van der Waals surface area contributed by atoms with Gasteiger partial charge in [0.1, 0.15) is 0 Å². The Morgan fingerprint density at radius 1 is 0.271 bits per heavy atom. The van der Waals surface area contributed by atoms with E-state index in [1.165, 1.54) is 82.6 Å². The van der Waals surface area contributed by atoms with Crippen LogP contribution in [0.15, 0.2) is 273 Å². The van der Waals surface area contributed by atoms with E-state index in [1.54, 1.807) is 0 Å². The molecule has 0 N–H and O–H groups in total. The largest absolute Gasteiger partial charge is 0.310 e. The van der Waals surface area contributed by atoms with Crippen molar-refractivity contribution in [1.29, 1.82) is 0 Å². The summed E-state index contributed by atoms with van der Waals surface area (Å²) in [6.45, 7) is 0. The zero-order chi connectivity index (χ0) is 46.2. The minimum atomic E-state index is -0.479. The van der Waals surface area contributed by atoms with Crippen molar-refractivity contribution >= 4 is 60.7 Å². The summed E-state index contributed by atoms with van der Waals surface area (Å²) in [5, 5.41) is 5.03. The molecular weight excluding hydrogens is 847 g/mol. The maximum atomic E-state index is 2.40. The molecule has 3 nitrogen and oxygen atoms in total. The Balaban J connectivity index is 0.897. The Bertz CT molecular complexity index is 3950. The second-order valence-corrected chi connectivity index (χ2v) is 18.4. The summed E-state index contributed by atoms with van der Waals surface area (Å²) in [7, 11) is 0. The maximum Gasteiger partial charge on any atom is 0.0713 e. The Kier molecular flexibility index (Phi) is 9.11. The molecule has 0 radical (unpaired) electrons. The summed E-state index contributed by atoms with van der Waals surface area (Å²) >= 11 is 0. The number of hydrogen-bond acceptors (Lipinski definition) is 1. The van der Waals surface area contributed by atoms with E-state index in [1.807, 2.05) is 0 Å². The Labute approximate surface area is 407 Å². The van der Waals surface area contributed by atoms with Crippen molar-refractivity contribution in [1.82, 2.24) is 9.13 Å². The molecular formula is C67H45N3. The van der Waals surface area contributed by atoms with Gasteiger partial charge in [0, 0.05) is 50.0 Å². The average Bonchev–Trinajstić information content (AvgIpc) is 4.06. The van der Waals surface area contributed by atoms with Crippen LogP contribution in [0.2, 0.25) is 0 Å². The van der Waals surface area contributed by atoms with Crippen LogP contribution in [0, 0.1) is 0 Å². The van der Waals surface area contributed by atoms with Crippen LogP contribution in [0.1, 0.15) is 22.3 Å². The van der Waals surface area contributed by atoms with Crippen molar-refractivity contribution < 1.29 is 0 Å². The smallest absolute Gasteiger partial charge is 0.0713 e. The molecule has 11 aromatic carbocycles. The van der Waals surface area contributed by atoms with Gasteiger partial charge >= 0.3 is 0 Å².